The molecule has 6 nitrogen and oxygen atoms in total. The molecule has 0 aliphatic carbocycles. The van der Waals surface area contributed by atoms with E-state index < -0.39 is 0 Å². The highest BCUT2D eigenvalue weighted by Crippen LogP contribution is 2.27. The highest BCUT2D eigenvalue weighted by Gasteiger charge is 2.28. The predicted molar refractivity (Wildman–Crippen MR) is 98.7 cm³/mol. The van der Waals surface area contributed by atoms with Gasteiger partial charge in [0.25, 0.3) is 0 Å². The third kappa shape index (κ3) is 4.79. The Labute approximate surface area is 146 Å². The van der Waals surface area contributed by atoms with Gasteiger partial charge in [0.1, 0.15) is 5.82 Å². The van der Waals surface area contributed by atoms with E-state index in [0.717, 1.165) is 25.3 Å². The van der Waals surface area contributed by atoms with Crippen LogP contribution in [0.1, 0.15) is 65.1 Å². The van der Waals surface area contributed by atoms with Crippen molar-refractivity contribution in [3.05, 3.63) is 5.82 Å². The molecule has 1 aliphatic rings. The molecule has 2 heterocycles. The van der Waals surface area contributed by atoms with Crippen molar-refractivity contribution < 1.29 is 4.74 Å². The van der Waals surface area contributed by atoms with E-state index in [9.17, 15) is 0 Å². The summed E-state index contributed by atoms with van der Waals surface area (Å²) in [6.45, 7) is 9.52. The van der Waals surface area contributed by atoms with Crippen LogP contribution in [0.15, 0.2) is 0 Å². The summed E-state index contributed by atoms with van der Waals surface area (Å²) in [6.07, 6.45) is 4.69. The number of hydrogen-bond donors (Lipinski definition) is 1. The lowest BCUT2D eigenvalue weighted by Crippen LogP contribution is -2.38. The van der Waals surface area contributed by atoms with Gasteiger partial charge in [-0.1, -0.05) is 40.5 Å². The molecule has 0 radical (unpaired) electrons. The maximum Gasteiger partial charge on any atom is 0.229 e. The average molecular weight is 335 g/mol. The highest BCUT2D eigenvalue weighted by atomic mass is 16.5. The lowest BCUT2D eigenvalue weighted by Gasteiger charge is -2.34. The molecule has 6 heteroatoms. The van der Waals surface area contributed by atoms with Crippen LogP contribution in [-0.4, -0.2) is 47.8 Å². The Balaban J connectivity index is 2.12. The van der Waals surface area contributed by atoms with E-state index in [1.807, 2.05) is 19.0 Å². The highest BCUT2D eigenvalue weighted by molar-refractivity contribution is 5.37. The summed E-state index contributed by atoms with van der Waals surface area (Å²) in [5.74, 6) is 3.14. The summed E-state index contributed by atoms with van der Waals surface area (Å²) in [7, 11) is 3.92. The molecule has 136 valence electrons. The SMILES string of the molecule is CCC(CC)C1CC(Nc2nc(C(C)C)nc(N(C)C)n2)CCO1. The minimum absolute atomic E-state index is 0.277. The van der Waals surface area contributed by atoms with Crippen LogP contribution in [0, 0.1) is 5.92 Å². The second kappa shape index (κ2) is 8.60. The fraction of sp³-hybridized carbons (Fsp3) is 0.833. The molecule has 0 bridgehead atoms. The zero-order valence-corrected chi connectivity index (χ0v) is 16.0. The standard InChI is InChI=1S/C18H33N5O/c1-7-13(8-2)15-11-14(9-10-24-15)19-17-20-16(12(3)4)21-18(22-17)23(5)6/h12-15H,7-11H2,1-6H3,(H,19,20,21,22). The lowest BCUT2D eigenvalue weighted by atomic mass is 9.89. The second-order valence-electron chi connectivity index (χ2n) is 7.22. The van der Waals surface area contributed by atoms with Gasteiger partial charge in [-0.25, -0.2) is 0 Å². The van der Waals surface area contributed by atoms with E-state index in [2.05, 4.69) is 48.0 Å². The molecular formula is C18H33N5O. The van der Waals surface area contributed by atoms with Crippen LogP contribution < -0.4 is 10.2 Å². The molecule has 1 saturated heterocycles. The van der Waals surface area contributed by atoms with Crippen LogP contribution in [0.3, 0.4) is 0 Å². The first kappa shape index (κ1) is 18.9. The molecule has 2 rings (SSSR count). The second-order valence-corrected chi connectivity index (χ2v) is 7.22. The lowest BCUT2D eigenvalue weighted by molar-refractivity contribution is -0.0271. The van der Waals surface area contributed by atoms with Crippen LogP contribution in [0.2, 0.25) is 0 Å². The summed E-state index contributed by atoms with van der Waals surface area (Å²) >= 11 is 0. The van der Waals surface area contributed by atoms with Crippen molar-refractivity contribution in [1.82, 2.24) is 15.0 Å². The zero-order chi connectivity index (χ0) is 17.7. The van der Waals surface area contributed by atoms with Crippen molar-refractivity contribution in [3.8, 4) is 0 Å². The van der Waals surface area contributed by atoms with Gasteiger partial charge in [0.15, 0.2) is 0 Å². The molecule has 1 fully saturated rings. The minimum Gasteiger partial charge on any atom is -0.378 e. The predicted octanol–water partition coefficient (Wildman–Crippen LogP) is 3.46. The number of hydrogen-bond acceptors (Lipinski definition) is 6. The normalized spacial score (nSPS) is 21.3. The van der Waals surface area contributed by atoms with Crippen molar-refractivity contribution in [2.75, 3.05) is 30.9 Å². The van der Waals surface area contributed by atoms with E-state index >= 15 is 0 Å². The fourth-order valence-corrected chi connectivity index (χ4v) is 3.19. The van der Waals surface area contributed by atoms with Crippen molar-refractivity contribution in [2.24, 2.45) is 5.92 Å². The molecular weight excluding hydrogens is 302 g/mol. The molecule has 2 atom stereocenters. The Morgan fingerprint density at radius 2 is 1.88 bits per heavy atom. The van der Waals surface area contributed by atoms with Gasteiger partial charge in [-0.3, -0.25) is 0 Å². The molecule has 1 aromatic rings. The van der Waals surface area contributed by atoms with Gasteiger partial charge in [-0.05, 0) is 18.8 Å². The van der Waals surface area contributed by atoms with Gasteiger partial charge in [0.2, 0.25) is 11.9 Å². The largest absolute Gasteiger partial charge is 0.378 e. The summed E-state index contributed by atoms with van der Waals surface area (Å²) < 4.78 is 6.01. The first-order valence-electron chi connectivity index (χ1n) is 9.25. The molecule has 0 aromatic carbocycles. The number of nitrogens with zero attached hydrogens (tertiary/aromatic N) is 4. The summed E-state index contributed by atoms with van der Waals surface area (Å²) in [5.41, 5.74) is 0. The molecule has 1 N–H and O–H groups in total. The van der Waals surface area contributed by atoms with Gasteiger partial charge in [0.05, 0.1) is 6.10 Å². The molecule has 1 aromatic heterocycles. The van der Waals surface area contributed by atoms with Crippen LogP contribution in [0.5, 0.6) is 0 Å². The van der Waals surface area contributed by atoms with Crippen LogP contribution >= 0.6 is 0 Å². The van der Waals surface area contributed by atoms with Gasteiger partial charge in [-0.2, -0.15) is 15.0 Å². The van der Waals surface area contributed by atoms with Crippen molar-refractivity contribution in [3.63, 3.8) is 0 Å². The van der Waals surface area contributed by atoms with Crippen LogP contribution in [-0.2, 0) is 4.74 Å². The van der Waals surface area contributed by atoms with Gasteiger partial charge >= 0.3 is 0 Å². The van der Waals surface area contributed by atoms with Crippen LogP contribution in [0.25, 0.3) is 0 Å². The number of rotatable bonds is 7. The first-order valence-corrected chi connectivity index (χ1v) is 9.25. The summed E-state index contributed by atoms with van der Waals surface area (Å²) in [5, 5.41) is 3.54. The van der Waals surface area contributed by atoms with E-state index in [4.69, 9.17) is 4.74 Å². The maximum absolute atomic E-state index is 6.01. The van der Waals surface area contributed by atoms with Crippen LogP contribution in [0.4, 0.5) is 11.9 Å². The first-order chi connectivity index (χ1) is 11.4. The summed E-state index contributed by atoms with van der Waals surface area (Å²) in [4.78, 5) is 15.7. The molecule has 2 unspecified atom stereocenters. The molecule has 0 saturated carbocycles. The quantitative estimate of drug-likeness (QED) is 0.823. The van der Waals surface area contributed by atoms with E-state index in [1.165, 1.54) is 12.8 Å². The van der Waals surface area contributed by atoms with E-state index in [1.54, 1.807) is 0 Å². The Hall–Kier alpha value is -1.43. The van der Waals surface area contributed by atoms with Crippen molar-refractivity contribution in [2.45, 2.75) is 71.4 Å². The van der Waals surface area contributed by atoms with Crippen molar-refractivity contribution >= 4 is 11.9 Å². The molecule has 0 amide bonds. The smallest absolute Gasteiger partial charge is 0.229 e. The molecule has 24 heavy (non-hydrogen) atoms. The topological polar surface area (TPSA) is 63.2 Å². The Morgan fingerprint density at radius 1 is 1.17 bits per heavy atom. The Morgan fingerprint density at radius 3 is 2.46 bits per heavy atom. The van der Waals surface area contributed by atoms with Crippen molar-refractivity contribution in [1.29, 1.82) is 0 Å². The molecule has 1 aliphatic heterocycles. The van der Waals surface area contributed by atoms with Gasteiger partial charge in [-0.15, -0.1) is 0 Å². The monoisotopic (exact) mass is 335 g/mol. The third-order valence-electron chi connectivity index (χ3n) is 4.78. The van der Waals surface area contributed by atoms with Gasteiger partial charge in [0, 0.05) is 32.7 Å². The fourth-order valence-electron chi connectivity index (χ4n) is 3.19. The van der Waals surface area contributed by atoms with E-state index in [0.29, 0.717) is 30.0 Å². The number of nitrogens with one attached hydrogen (secondary N) is 1. The number of aromatic nitrogens is 3. The number of anilines is 2. The van der Waals surface area contributed by atoms with Gasteiger partial charge < -0.3 is 15.0 Å². The Kier molecular flexibility index (Phi) is 6.78. The maximum atomic E-state index is 6.01. The summed E-state index contributed by atoms with van der Waals surface area (Å²) in [6, 6.07) is 0.363. The molecule has 0 spiro atoms. The Bertz CT molecular complexity index is 490. The number of ether oxygens (including phenoxy) is 1. The average Bonchev–Trinajstić information content (AvgIpc) is 2.56. The minimum atomic E-state index is 0.277. The van der Waals surface area contributed by atoms with E-state index in [-0.39, 0.29) is 5.92 Å². The third-order valence-corrected chi connectivity index (χ3v) is 4.78. The zero-order valence-electron chi connectivity index (χ0n) is 16.0.